The molecular weight excluding hydrogens is 446 g/mol. The van der Waals surface area contributed by atoms with Gasteiger partial charge in [0.25, 0.3) is 10.0 Å². The van der Waals surface area contributed by atoms with Gasteiger partial charge in [-0.3, -0.25) is 4.98 Å². The maximum atomic E-state index is 13.0. The van der Waals surface area contributed by atoms with Crippen LogP contribution in [0.5, 0.6) is 5.88 Å². The zero-order valence-electron chi connectivity index (χ0n) is 19.1. The lowest BCUT2D eigenvalue weighted by Gasteiger charge is -2.26. The first-order chi connectivity index (χ1) is 15.7. The van der Waals surface area contributed by atoms with Crippen LogP contribution >= 0.6 is 0 Å². The first-order valence-electron chi connectivity index (χ1n) is 11.4. The fourth-order valence-electron chi connectivity index (χ4n) is 4.97. The van der Waals surface area contributed by atoms with Crippen molar-refractivity contribution in [3.63, 3.8) is 0 Å². The van der Waals surface area contributed by atoms with Gasteiger partial charge in [-0.15, -0.1) is 0 Å². The highest BCUT2D eigenvalue weighted by molar-refractivity contribution is 7.90. The quantitative estimate of drug-likeness (QED) is 0.681. The lowest BCUT2D eigenvalue weighted by Crippen LogP contribution is -2.37. The molecule has 0 saturated heterocycles. The van der Waals surface area contributed by atoms with Crippen LogP contribution in [-0.4, -0.2) is 48.0 Å². The first-order valence-corrected chi connectivity index (χ1v) is 12.9. The molecule has 0 aromatic carbocycles. The molecule has 2 aromatic rings. The summed E-state index contributed by atoms with van der Waals surface area (Å²) in [7, 11) is -4.18. The molecule has 1 aliphatic heterocycles. The summed E-state index contributed by atoms with van der Waals surface area (Å²) in [4.78, 5) is 17.5. The molecule has 0 bridgehead atoms. The molecule has 178 valence electrons. The summed E-state index contributed by atoms with van der Waals surface area (Å²) in [6.07, 6.45) is 5.49. The van der Waals surface area contributed by atoms with E-state index in [0.717, 1.165) is 60.3 Å². The van der Waals surface area contributed by atoms with Crippen LogP contribution in [0.3, 0.4) is 0 Å². The molecule has 2 amide bonds. The average Bonchev–Trinajstić information content (AvgIpc) is 3.46. The Hall–Kier alpha value is -2.66. The molecule has 2 aromatic heterocycles. The van der Waals surface area contributed by atoms with E-state index in [1.54, 1.807) is 0 Å². The highest BCUT2D eigenvalue weighted by Gasteiger charge is 2.33. The molecule has 5 rings (SSSR count). The van der Waals surface area contributed by atoms with E-state index in [1.807, 2.05) is 13.8 Å². The van der Waals surface area contributed by atoms with Crippen LogP contribution in [0.4, 0.5) is 10.5 Å². The summed E-state index contributed by atoms with van der Waals surface area (Å²) in [5.74, 6) is 0.441. The molecule has 11 heteroatoms. The Morgan fingerprint density at radius 3 is 2.88 bits per heavy atom. The van der Waals surface area contributed by atoms with Crippen molar-refractivity contribution in [1.29, 1.82) is 0 Å². The zero-order valence-corrected chi connectivity index (χ0v) is 19.9. The predicted octanol–water partition coefficient (Wildman–Crippen LogP) is 2.51. The molecule has 3 aliphatic rings. The number of carbonyl (C=O) groups excluding carboxylic acids is 1. The monoisotopic (exact) mass is 475 g/mol. The number of anilines is 1. The summed E-state index contributed by atoms with van der Waals surface area (Å²) >= 11 is 0. The van der Waals surface area contributed by atoms with Crippen molar-refractivity contribution in [3.05, 3.63) is 28.7 Å². The third-order valence-electron chi connectivity index (χ3n) is 6.41. The number of hydrogen-bond donors (Lipinski definition) is 2. The topological polar surface area (TPSA) is 124 Å². The Labute approximate surface area is 193 Å². The van der Waals surface area contributed by atoms with Crippen molar-refractivity contribution in [2.75, 3.05) is 11.9 Å². The zero-order chi connectivity index (χ0) is 23.3. The Morgan fingerprint density at radius 1 is 1.27 bits per heavy atom. The number of hydrogen-bond acceptors (Lipinski definition) is 7. The number of sulfonamides is 1. The Kier molecular flexibility index (Phi) is 5.56. The number of nitrogens with one attached hydrogen (secondary N) is 2. The van der Waals surface area contributed by atoms with E-state index < -0.39 is 16.1 Å². The fourth-order valence-corrected chi connectivity index (χ4v) is 5.96. The van der Waals surface area contributed by atoms with Crippen LogP contribution < -0.4 is 14.8 Å². The van der Waals surface area contributed by atoms with Crippen molar-refractivity contribution >= 4 is 21.7 Å². The second-order valence-corrected chi connectivity index (χ2v) is 10.9. The van der Waals surface area contributed by atoms with Gasteiger partial charge in [-0.25, -0.2) is 22.6 Å². The maximum absolute atomic E-state index is 13.0. The highest BCUT2D eigenvalue weighted by atomic mass is 32.2. The van der Waals surface area contributed by atoms with Gasteiger partial charge < -0.3 is 14.8 Å². The molecule has 0 saturated carbocycles. The summed E-state index contributed by atoms with van der Waals surface area (Å²) in [5.41, 5.74) is 4.81. The van der Waals surface area contributed by atoms with Crippen molar-refractivity contribution in [1.82, 2.24) is 19.5 Å². The van der Waals surface area contributed by atoms with Gasteiger partial charge in [0.05, 0.1) is 24.5 Å². The SMILES string of the molecule is CC(C)OC1COc2c(S(=O)(=O)NC(=O)Nc3c4c(nc5c3CCC5C)CCC4)cnn2C1. The molecule has 10 nitrogen and oxygen atoms in total. The minimum atomic E-state index is -4.18. The largest absolute Gasteiger partial charge is 0.474 e. The number of carbonyl (C=O) groups is 1. The first kappa shape index (κ1) is 22.1. The van der Waals surface area contributed by atoms with Gasteiger partial charge in [0, 0.05) is 11.4 Å². The number of fused-ring (bicyclic) bond motifs is 3. The molecule has 2 aliphatic carbocycles. The van der Waals surface area contributed by atoms with Crippen LogP contribution in [0.25, 0.3) is 0 Å². The van der Waals surface area contributed by atoms with Gasteiger partial charge in [0.2, 0.25) is 5.88 Å². The van der Waals surface area contributed by atoms with E-state index >= 15 is 0 Å². The molecule has 0 spiro atoms. The number of pyridine rings is 1. The molecule has 2 N–H and O–H groups in total. The standard InChI is InChI=1S/C22H29N5O5S/c1-12(2)32-14-10-27-21(31-11-14)18(9-23-27)33(29,30)26-22(28)25-20-15-5-4-6-17(15)24-19-13(3)7-8-16(19)20/h9,12-14H,4-8,10-11H2,1-3H3,(H2,24,25,26,28). The molecule has 0 fully saturated rings. The number of aryl methyl sites for hydroxylation is 1. The Balaban J connectivity index is 1.35. The normalized spacial score (nSPS) is 21.3. The van der Waals surface area contributed by atoms with Crippen molar-refractivity contribution in [3.8, 4) is 5.88 Å². The molecular formula is C22H29N5O5S. The summed E-state index contributed by atoms with van der Waals surface area (Å²) in [6.45, 7) is 6.57. The Bertz CT molecular complexity index is 1210. The van der Waals surface area contributed by atoms with E-state index in [4.69, 9.17) is 14.5 Å². The van der Waals surface area contributed by atoms with E-state index in [2.05, 4.69) is 22.1 Å². The molecule has 2 unspecified atom stereocenters. The number of ether oxygens (including phenoxy) is 2. The van der Waals surface area contributed by atoms with Gasteiger partial charge in [-0.2, -0.15) is 5.10 Å². The summed E-state index contributed by atoms with van der Waals surface area (Å²) in [5, 5.41) is 6.96. The van der Waals surface area contributed by atoms with E-state index in [-0.39, 0.29) is 29.6 Å². The van der Waals surface area contributed by atoms with E-state index in [1.165, 1.54) is 10.9 Å². The van der Waals surface area contributed by atoms with Crippen LogP contribution in [0.1, 0.15) is 62.0 Å². The lowest BCUT2D eigenvalue weighted by molar-refractivity contribution is -0.0444. The maximum Gasteiger partial charge on any atom is 0.333 e. The third-order valence-corrected chi connectivity index (χ3v) is 7.73. The van der Waals surface area contributed by atoms with Crippen LogP contribution in [0.2, 0.25) is 0 Å². The highest BCUT2D eigenvalue weighted by Crippen LogP contribution is 2.41. The summed E-state index contributed by atoms with van der Waals surface area (Å²) in [6, 6.07) is -0.797. The summed E-state index contributed by atoms with van der Waals surface area (Å²) < 4.78 is 41.0. The molecule has 3 heterocycles. The second kappa shape index (κ2) is 8.28. The minimum Gasteiger partial charge on any atom is -0.474 e. The van der Waals surface area contributed by atoms with Gasteiger partial charge in [-0.1, -0.05) is 6.92 Å². The van der Waals surface area contributed by atoms with Crippen LogP contribution in [0.15, 0.2) is 11.1 Å². The number of amides is 2. The van der Waals surface area contributed by atoms with Gasteiger partial charge in [0.1, 0.15) is 12.7 Å². The molecule has 33 heavy (non-hydrogen) atoms. The smallest absolute Gasteiger partial charge is 0.333 e. The van der Waals surface area contributed by atoms with Crippen LogP contribution in [0, 0.1) is 0 Å². The van der Waals surface area contributed by atoms with Crippen molar-refractivity contribution in [2.24, 2.45) is 0 Å². The number of urea groups is 1. The van der Waals surface area contributed by atoms with Gasteiger partial charge in [-0.05, 0) is 63.0 Å². The van der Waals surface area contributed by atoms with E-state index in [9.17, 15) is 13.2 Å². The third kappa shape index (κ3) is 4.08. The number of nitrogens with zero attached hydrogens (tertiary/aromatic N) is 3. The Morgan fingerprint density at radius 2 is 2.09 bits per heavy atom. The number of rotatable bonds is 5. The van der Waals surface area contributed by atoms with E-state index in [0.29, 0.717) is 12.5 Å². The van der Waals surface area contributed by atoms with Crippen molar-refractivity contribution < 1.29 is 22.7 Å². The number of aromatic nitrogens is 3. The van der Waals surface area contributed by atoms with Gasteiger partial charge >= 0.3 is 6.03 Å². The molecule has 0 radical (unpaired) electrons. The minimum absolute atomic E-state index is 0.0170. The van der Waals surface area contributed by atoms with Crippen LogP contribution in [-0.2, 0) is 40.6 Å². The van der Waals surface area contributed by atoms with Gasteiger partial charge in [0.15, 0.2) is 4.90 Å². The molecule has 2 atom stereocenters. The average molecular weight is 476 g/mol. The fraction of sp³-hybridized carbons (Fsp3) is 0.591. The lowest BCUT2D eigenvalue weighted by atomic mass is 10.0. The second-order valence-electron chi connectivity index (χ2n) is 9.24. The van der Waals surface area contributed by atoms with Crippen molar-refractivity contribution in [2.45, 2.75) is 82.4 Å². The predicted molar refractivity (Wildman–Crippen MR) is 120 cm³/mol.